The Morgan fingerprint density at radius 2 is 2.20 bits per heavy atom. The summed E-state index contributed by atoms with van der Waals surface area (Å²) in [4.78, 5) is 16.9. The van der Waals surface area contributed by atoms with Crippen molar-refractivity contribution in [1.82, 2.24) is 19.0 Å². The fourth-order valence-electron chi connectivity index (χ4n) is 3.51. The Morgan fingerprint density at radius 3 is 2.93 bits per heavy atom. The first-order valence-corrected chi connectivity index (χ1v) is 11.3. The average molecular weight is 430 g/mol. The minimum absolute atomic E-state index is 0.0187. The molecule has 3 heterocycles. The van der Waals surface area contributed by atoms with Gasteiger partial charge in [-0.3, -0.25) is 4.79 Å². The highest BCUT2D eigenvalue weighted by molar-refractivity contribution is 7.89. The smallest absolute Gasteiger partial charge is 0.262 e. The molecule has 30 heavy (non-hydrogen) atoms. The van der Waals surface area contributed by atoms with E-state index >= 15 is 0 Å². The fraction of sp³-hybridized carbons (Fsp3) is 0.350. The number of nitrogens with zero attached hydrogens (tertiary/aromatic N) is 4. The molecule has 0 saturated carbocycles. The van der Waals surface area contributed by atoms with Crippen molar-refractivity contribution in [2.24, 2.45) is 5.92 Å². The van der Waals surface area contributed by atoms with Gasteiger partial charge in [0.2, 0.25) is 5.91 Å². The number of hydrogen-bond acceptors (Lipinski definition) is 6. The molecular formula is C20H23N5O4S. The van der Waals surface area contributed by atoms with Crippen molar-refractivity contribution < 1.29 is 17.7 Å². The van der Waals surface area contributed by atoms with Gasteiger partial charge in [-0.1, -0.05) is 17.3 Å². The summed E-state index contributed by atoms with van der Waals surface area (Å²) in [6.45, 7) is 3.07. The van der Waals surface area contributed by atoms with Crippen molar-refractivity contribution in [2.45, 2.75) is 31.3 Å². The normalized spacial score (nSPS) is 17.7. The first kappa shape index (κ1) is 20.3. The number of hydrogen-bond donors (Lipinski definition) is 1. The third-order valence-corrected chi connectivity index (χ3v) is 6.94. The van der Waals surface area contributed by atoms with Gasteiger partial charge in [-0.2, -0.15) is 4.31 Å². The van der Waals surface area contributed by atoms with Crippen molar-refractivity contribution in [3.63, 3.8) is 0 Å². The Labute approximate surface area is 174 Å². The largest absolute Gasteiger partial charge is 0.356 e. The van der Waals surface area contributed by atoms with Gasteiger partial charge < -0.3 is 14.4 Å². The number of amides is 1. The summed E-state index contributed by atoms with van der Waals surface area (Å²) in [5.41, 5.74) is 1.42. The van der Waals surface area contributed by atoms with Crippen LogP contribution in [-0.4, -0.2) is 46.4 Å². The minimum Gasteiger partial charge on any atom is -0.356 e. The third-order valence-electron chi connectivity index (χ3n) is 5.19. The highest BCUT2D eigenvalue weighted by Crippen LogP contribution is 2.26. The standard InChI is InChI=1S/C20H23N5O4S/c1-2-24-13-19(21-14-24)30(27,28)25-10-4-6-16(12-25)20(26)23-17-7-3-5-15(11-17)18-8-9-22-29-18/h3,5,7-9,11,13-14,16H,2,4,6,10,12H2,1H3,(H,23,26). The molecule has 0 radical (unpaired) electrons. The van der Waals surface area contributed by atoms with E-state index in [9.17, 15) is 13.2 Å². The molecule has 4 rings (SSSR count). The molecule has 1 N–H and O–H groups in total. The van der Waals surface area contributed by atoms with Crippen LogP contribution in [0.4, 0.5) is 5.69 Å². The molecule has 1 aliphatic rings. The quantitative estimate of drug-likeness (QED) is 0.645. The van der Waals surface area contributed by atoms with E-state index in [-0.39, 0.29) is 17.5 Å². The third kappa shape index (κ3) is 4.14. The molecule has 1 atom stereocenters. The first-order chi connectivity index (χ1) is 14.5. The Morgan fingerprint density at radius 1 is 1.33 bits per heavy atom. The topological polar surface area (TPSA) is 110 Å². The number of nitrogens with one attached hydrogen (secondary N) is 1. The van der Waals surface area contributed by atoms with E-state index in [0.717, 1.165) is 5.56 Å². The van der Waals surface area contributed by atoms with Gasteiger partial charge in [-0.05, 0) is 31.9 Å². The number of rotatable bonds is 6. The van der Waals surface area contributed by atoms with Gasteiger partial charge in [-0.25, -0.2) is 13.4 Å². The highest BCUT2D eigenvalue weighted by Gasteiger charge is 2.34. The number of anilines is 1. The van der Waals surface area contributed by atoms with E-state index in [2.05, 4.69) is 15.5 Å². The number of carbonyl (C=O) groups excluding carboxylic acids is 1. The lowest BCUT2D eigenvalue weighted by atomic mass is 9.98. The van der Waals surface area contributed by atoms with E-state index < -0.39 is 15.9 Å². The number of aromatic nitrogens is 3. The second kappa shape index (κ2) is 8.41. The van der Waals surface area contributed by atoms with Crippen molar-refractivity contribution in [1.29, 1.82) is 0 Å². The Hall–Kier alpha value is -2.98. The predicted molar refractivity (Wildman–Crippen MR) is 110 cm³/mol. The summed E-state index contributed by atoms with van der Waals surface area (Å²) in [5, 5.41) is 6.61. The number of benzene rings is 1. The molecule has 3 aromatic rings. The van der Waals surface area contributed by atoms with Crippen LogP contribution in [0.1, 0.15) is 19.8 Å². The van der Waals surface area contributed by atoms with Crippen molar-refractivity contribution in [3.05, 3.63) is 49.1 Å². The van der Waals surface area contributed by atoms with Gasteiger partial charge >= 0.3 is 0 Å². The lowest BCUT2D eigenvalue weighted by Crippen LogP contribution is -2.43. The molecular weight excluding hydrogens is 406 g/mol. The monoisotopic (exact) mass is 429 g/mol. The molecule has 1 fully saturated rings. The van der Waals surface area contributed by atoms with Gasteiger partial charge in [0.15, 0.2) is 10.8 Å². The molecule has 1 saturated heterocycles. The Bertz CT molecular complexity index is 1120. The number of piperidine rings is 1. The Kier molecular flexibility index (Phi) is 5.69. The van der Waals surface area contributed by atoms with Crippen LogP contribution in [0.25, 0.3) is 11.3 Å². The molecule has 0 bridgehead atoms. The van der Waals surface area contributed by atoms with Crippen LogP contribution in [0.5, 0.6) is 0 Å². The molecule has 158 valence electrons. The van der Waals surface area contributed by atoms with Gasteiger partial charge in [0, 0.05) is 43.1 Å². The van der Waals surface area contributed by atoms with Crippen LogP contribution in [0.3, 0.4) is 0 Å². The van der Waals surface area contributed by atoms with Crippen LogP contribution in [0.15, 0.2) is 58.6 Å². The van der Waals surface area contributed by atoms with Crippen LogP contribution in [-0.2, 0) is 21.4 Å². The minimum atomic E-state index is -3.72. The molecule has 1 aliphatic heterocycles. The molecule has 1 aromatic carbocycles. The van der Waals surface area contributed by atoms with Crippen LogP contribution in [0, 0.1) is 5.92 Å². The Balaban J connectivity index is 1.45. The maximum atomic E-state index is 12.9. The van der Waals surface area contributed by atoms with Gasteiger partial charge in [-0.15, -0.1) is 0 Å². The van der Waals surface area contributed by atoms with E-state index in [1.807, 2.05) is 19.1 Å². The SMILES string of the molecule is CCn1cnc(S(=O)(=O)N2CCCC(C(=O)Nc3cccc(-c4ccno4)c3)C2)c1. The first-order valence-electron chi connectivity index (χ1n) is 9.81. The van der Waals surface area contributed by atoms with Crippen LogP contribution in [0.2, 0.25) is 0 Å². The van der Waals surface area contributed by atoms with Crippen LogP contribution >= 0.6 is 0 Å². The number of sulfonamides is 1. The molecule has 9 nitrogen and oxygen atoms in total. The highest BCUT2D eigenvalue weighted by atomic mass is 32.2. The van der Waals surface area contributed by atoms with Crippen molar-refractivity contribution in [2.75, 3.05) is 18.4 Å². The number of carbonyl (C=O) groups is 1. The van der Waals surface area contributed by atoms with E-state index in [4.69, 9.17) is 4.52 Å². The second-order valence-electron chi connectivity index (χ2n) is 7.19. The van der Waals surface area contributed by atoms with E-state index in [0.29, 0.717) is 37.4 Å². The molecule has 1 unspecified atom stereocenters. The van der Waals surface area contributed by atoms with Gasteiger partial charge in [0.1, 0.15) is 0 Å². The number of aryl methyl sites for hydroxylation is 1. The van der Waals surface area contributed by atoms with Crippen LogP contribution < -0.4 is 5.32 Å². The van der Waals surface area contributed by atoms with E-state index in [1.54, 1.807) is 29.0 Å². The lowest BCUT2D eigenvalue weighted by molar-refractivity contribution is -0.120. The zero-order valence-corrected chi connectivity index (χ0v) is 17.4. The van der Waals surface area contributed by atoms with Crippen molar-refractivity contribution >= 4 is 21.6 Å². The maximum Gasteiger partial charge on any atom is 0.262 e. The fourth-order valence-corrected chi connectivity index (χ4v) is 4.97. The summed E-state index contributed by atoms with van der Waals surface area (Å²) in [5.74, 6) is -0.0352. The molecule has 1 amide bonds. The summed E-state index contributed by atoms with van der Waals surface area (Å²) >= 11 is 0. The summed E-state index contributed by atoms with van der Waals surface area (Å²) in [6, 6.07) is 9.00. The molecule has 0 spiro atoms. The van der Waals surface area contributed by atoms with Gasteiger partial charge in [0.05, 0.1) is 18.4 Å². The summed E-state index contributed by atoms with van der Waals surface area (Å²) in [7, 11) is -3.72. The van der Waals surface area contributed by atoms with Gasteiger partial charge in [0.25, 0.3) is 10.0 Å². The second-order valence-corrected chi connectivity index (χ2v) is 9.08. The molecule has 0 aliphatic carbocycles. The summed E-state index contributed by atoms with van der Waals surface area (Å²) < 4.78 is 34.1. The maximum absolute atomic E-state index is 12.9. The predicted octanol–water partition coefficient (Wildman–Crippen LogP) is 2.60. The zero-order chi connectivity index (χ0) is 21.1. The average Bonchev–Trinajstić information content (AvgIpc) is 3.46. The summed E-state index contributed by atoms with van der Waals surface area (Å²) in [6.07, 6.45) is 5.82. The van der Waals surface area contributed by atoms with Crippen molar-refractivity contribution in [3.8, 4) is 11.3 Å². The molecule has 10 heteroatoms. The zero-order valence-electron chi connectivity index (χ0n) is 16.6. The number of imidazole rings is 1. The van der Waals surface area contributed by atoms with E-state index in [1.165, 1.54) is 16.8 Å². The molecule has 2 aromatic heterocycles. The lowest BCUT2D eigenvalue weighted by Gasteiger charge is -2.30.